The van der Waals surface area contributed by atoms with Gasteiger partial charge in [0, 0.05) is 12.6 Å². The van der Waals surface area contributed by atoms with E-state index in [1.165, 1.54) is 19.3 Å². The number of hydrogen-bond acceptors (Lipinski definition) is 1. The number of alkyl halides is 3. The summed E-state index contributed by atoms with van der Waals surface area (Å²) in [6.07, 6.45) is -0.511. The Morgan fingerprint density at radius 2 is 1.60 bits per heavy atom. The van der Waals surface area contributed by atoms with Crippen LogP contribution in [0.4, 0.5) is 13.2 Å². The van der Waals surface area contributed by atoms with E-state index in [4.69, 9.17) is 0 Å². The van der Waals surface area contributed by atoms with Gasteiger partial charge in [-0.25, -0.2) is 0 Å². The molecule has 1 nitrogen and oxygen atoms in total. The summed E-state index contributed by atoms with van der Waals surface area (Å²) in [5, 5.41) is 3.51. The van der Waals surface area contributed by atoms with Crippen LogP contribution in [0.25, 0.3) is 0 Å². The molecule has 1 saturated carbocycles. The van der Waals surface area contributed by atoms with Gasteiger partial charge in [-0.3, -0.25) is 0 Å². The van der Waals surface area contributed by atoms with Crippen molar-refractivity contribution in [3.63, 3.8) is 0 Å². The average Bonchev–Trinajstić information content (AvgIpc) is 2.37. The quantitative estimate of drug-likeness (QED) is 0.854. The molecule has 2 unspecified atom stereocenters. The van der Waals surface area contributed by atoms with Crippen LogP contribution in [-0.4, -0.2) is 6.04 Å². The van der Waals surface area contributed by atoms with Gasteiger partial charge >= 0.3 is 6.18 Å². The van der Waals surface area contributed by atoms with E-state index in [9.17, 15) is 13.2 Å². The standard InChI is InChI=1S/C16H22F3N/c1-11-4-3-5-12(2)15(11)20-10-13-6-8-14(9-7-13)16(17,18)19/h6-9,11-12,15,20H,3-5,10H2,1-2H3. The summed E-state index contributed by atoms with van der Waals surface area (Å²) >= 11 is 0. The number of benzene rings is 1. The Morgan fingerprint density at radius 1 is 1.05 bits per heavy atom. The number of hydrogen-bond donors (Lipinski definition) is 1. The van der Waals surface area contributed by atoms with Crippen molar-refractivity contribution < 1.29 is 13.2 Å². The molecule has 0 heterocycles. The van der Waals surface area contributed by atoms with Gasteiger partial charge in [0.1, 0.15) is 0 Å². The second kappa shape index (κ2) is 6.17. The fourth-order valence-electron chi connectivity index (χ4n) is 3.13. The molecule has 0 amide bonds. The molecular weight excluding hydrogens is 263 g/mol. The Bertz CT molecular complexity index is 414. The molecule has 20 heavy (non-hydrogen) atoms. The summed E-state index contributed by atoms with van der Waals surface area (Å²) in [6, 6.07) is 5.91. The fraction of sp³-hybridized carbons (Fsp3) is 0.625. The van der Waals surface area contributed by atoms with Crippen LogP contribution in [0, 0.1) is 11.8 Å². The molecule has 1 fully saturated rings. The van der Waals surface area contributed by atoms with Gasteiger partial charge in [0.15, 0.2) is 0 Å². The molecule has 0 saturated heterocycles. The first-order chi connectivity index (χ1) is 9.38. The number of halogens is 3. The lowest BCUT2D eigenvalue weighted by Crippen LogP contribution is -2.42. The van der Waals surface area contributed by atoms with Crippen LogP contribution in [0.3, 0.4) is 0 Å². The second-order valence-electron chi connectivity index (χ2n) is 5.99. The van der Waals surface area contributed by atoms with Crippen LogP contribution in [0.1, 0.15) is 44.2 Å². The van der Waals surface area contributed by atoms with Crippen molar-refractivity contribution in [3.8, 4) is 0 Å². The van der Waals surface area contributed by atoms with Crippen LogP contribution in [0.2, 0.25) is 0 Å². The third-order valence-corrected chi connectivity index (χ3v) is 4.37. The van der Waals surface area contributed by atoms with E-state index in [0.717, 1.165) is 17.7 Å². The molecule has 2 rings (SSSR count). The minimum atomic E-state index is -4.25. The average molecular weight is 285 g/mol. The SMILES string of the molecule is CC1CCCC(C)C1NCc1ccc(C(F)(F)F)cc1. The first-order valence-corrected chi connectivity index (χ1v) is 7.27. The number of rotatable bonds is 3. The maximum absolute atomic E-state index is 12.5. The lowest BCUT2D eigenvalue weighted by molar-refractivity contribution is -0.137. The van der Waals surface area contributed by atoms with Crippen LogP contribution >= 0.6 is 0 Å². The molecule has 1 N–H and O–H groups in total. The van der Waals surface area contributed by atoms with Gasteiger partial charge in [0.05, 0.1) is 5.56 Å². The van der Waals surface area contributed by atoms with E-state index in [1.807, 2.05) is 0 Å². The van der Waals surface area contributed by atoms with E-state index in [-0.39, 0.29) is 0 Å². The lowest BCUT2D eigenvalue weighted by atomic mass is 9.78. The zero-order valence-corrected chi connectivity index (χ0v) is 12.0. The fourth-order valence-corrected chi connectivity index (χ4v) is 3.13. The summed E-state index contributed by atoms with van der Waals surface area (Å²) in [6.45, 7) is 5.14. The molecule has 0 bridgehead atoms. The van der Waals surface area contributed by atoms with E-state index in [2.05, 4.69) is 19.2 Å². The van der Waals surface area contributed by atoms with Crippen LogP contribution in [0.15, 0.2) is 24.3 Å². The summed E-state index contributed by atoms with van der Waals surface area (Å²) < 4.78 is 37.4. The highest BCUT2D eigenvalue weighted by molar-refractivity contribution is 5.24. The molecule has 0 aliphatic heterocycles. The number of nitrogens with one attached hydrogen (secondary N) is 1. The van der Waals surface area contributed by atoms with Crippen LogP contribution in [-0.2, 0) is 12.7 Å². The minimum Gasteiger partial charge on any atom is -0.309 e. The van der Waals surface area contributed by atoms with Crippen molar-refractivity contribution in [3.05, 3.63) is 35.4 Å². The van der Waals surface area contributed by atoms with Crippen molar-refractivity contribution in [1.29, 1.82) is 0 Å². The molecule has 112 valence electrons. The van der Waals surface area contributed by atoms with Crippen molar-refractivity contribution in [1.82, 2.24) is 5.32 Å². The summed E-state index contributed by atoms with van der Waals surface area (Å²) in [4.78, 5) is 0. The van der Waals surface area contributed by atoms with E-state index in [0.29, 0.717) is 24.4 Å². The Labute approximate surface area is 118 Å². The van der Waals surface area contributed by atoms with Crippen molar-refractivity contribution in [2.45, 2.75) is 51.9 Å². The summed E-state index contributed by atoms with van der Waals surface area (Å²) in [5.41, 5.74) is 0.323. The third-order valence-electron chi connectivity index (χ3n) is 4.37. The van der Waals surface area contributed by atoms with Gasteiger partial charge in [0.25, 0.3) is 0 Å². The van der Waals surface area contributed by atoms with Gasteiger partial charge in [-0.15, -0.1) is 0 Å². The normalized spacial score (nSPS) is 27.6. The maximum atomic E-state index is 12.5. The molecule has 1 aliphatic rings. The molecule has 4 heteroatoms. The predicted octanol–water partition coefficient (Wildman–Crippen LogP) is 4.62. The largest absolute Gasteiger partial charge is 0.416 e. The molecule has 0 spiro atoms. The predicted molar refractivity (Wildman–Crippen MR) is 74.3 cm³/mol. The van der Waals surface area contributed by atoms with E-state index in [1.54, 1.807) is 12.1 Å². The maximum Gasteiger partial charge on any atom is 0.416 e. The molecular formula is C16H22F3N. The van der Waals surface area contributed by atoms with Crippen molar-refractivity contribution >= 4 is 0 Å². The third kappa shape index (κ3) is 3.75. The van der Waals surface area contributed by atoms with E-state index < -0.39 is 11.7 Å². The van der Waals surface area contributed by atoms with Gasteiger partial charge in [-0.1, -0.05) is 32.4 Å². The second-order valence-corrected chi connectivity index (χ2v) is 5.99. The zero-order chi connectivity index (χ0) is 14.8. The van der Waals surface area contributed by atoms with Crippen molar-refractivity contribution in [2.75, 3.05) is 0 Å². The molecule has 1 aliphatic carbocycles. The van der Waals surface area contributed by atoms with E-state index >= 15 is 0 Å². The first kappa shape index (κ1) is 15.4. The Balaban J connectivity index is 1.93. The zero-order valence-electron chi connectivity index (χ0n) is 12.0. The molecule has 1 aromatic carbocycles. The van der Waals surface area contributed by atoms with Gasteiger partial charge < -0.3 is 5.32 Å². The smallest absolute Gasteiger partial charge is 0.309 e. The Hall–Kier alpha value is -1.03. The summed E-state index contributed by atoms with van der Waals surface area (Å²) in [5.74, 6) is 1.27. The monoisotopic (exact) mass is 285 g/mol. The highest BCUT2D eigenvalue weighted by Gasteiger charge is 2.30. The molecule has 2 atom stereocenters. The molecule has 1 aromatic rings. The van der Waals surface area contributed by atoms with Gasteiger partial charge in [0.2, 0.25) is 0 Å². The Kier molecular flexibility index (Phi) is 4.74. The van der Waals surface area contributed by atoms with Crippen molar-refractivity contribution in [2.24, 2.45) is 11.8 Å². The topological polar surface area (TPSA) is 12.0 Å². The lowest BCUT2D eigenvalue weighted by Gasteiger charge is -2.35. The van der Waals surface area contributed by atoms with Crippen LogP contribution < -0.4 is 5.32 Å². The molecule has 0 aromatic heterocycles. The first-order valence-electron chi connectivity index (χ1n) is 7.27. The Morgan fingerprint density at radius 3 is 2.10 bits per heavy atom. The molecule has 0 radical (unpaired) electrons. The van der Waals surface area contributed by atoms with Gasteiger partial charge in [-0.2, -0.15) is 13.2 Å². The highest BCUT2D eigenvalue weighted by atomic mass is 19.4. The highest BCUT2D eigenvalue weighted by Crippen LogP contribution is 2.30. The minimum absolute atomic E-state index is 0.464. The summed E-state index contributed by atoms with van der Waals surface area (Å²) in [7, 11) is 0. The van der Waals surface area contributed by atoms with Gasteiger partial charge in [-0.05, 0) is 42.4 Å². The van der Waals surface area contributed by atoms with Crippen LogP contribution in [0.5, 0.6) is 0 Å².